The second-order valence-corrected chi connectivity index (χ2v) is 7.25. The van der Waals surface area contributed by atoms with E-state index in [2.05, 4.69) is 0 Å². The van der Waals surface area contributed by atoms with Gasteiger partial charge in [-0.2, -0.15) is 0 Å². The monoisotopic (exact) mass is 326 g/mol. The minimum absolute atomic E-state index is 0.168. The van der Waals surface area contributed by atoms with Crippen molar-refractivity contribution < 1.29 is 29.7 Å². The zero-order valence-electron chi connectivity index (χ0n) is 12.7. The molecule has 0 radical (unpaired) electrons. The van der Waals surface area contributed by atoms with Crippen molar-refractivity contribution in [2.45, 2.75) is 44.6 Å². The van der Waals surface area contributed by atoms with Crippen LogP contribution in [0.2, 0.25) is 0 Å². The lowest BCUT2D eigenvalue weighted by atomic mass is 9.51. The normalized spacial score (nSPS) is 35.6. The molecule has 4 rings (SSSR count). The lowest BCUT2D eigenvalue weighted by Gasteiger charge is -2.55. The highest BCUT2D eigenvalue weighted by atomic mass is 16.4. The van der Waals surface area contributed by atoms with Gasteiger partial charge in [0.25, 0.3) is 0 Å². The van der Waals surface area contributed by atoms with Gasteiger partial charge in [-0.25, -0.2) is 24.8 Å². The molecule has 0 spiro atoms. The molecule has 0 unspecified atom stereocenters. The maximum absolute atomic E-state index is 11.6. The molecule has 4 saturated carbocycles. The van der Waals surface area contributed by atoms with Gasteiger partial charge in [-0.15, -0.1) is 0 Å². The van der Waals surface area contributed by atoms with Crippen molar-refractivity contribution in [2.24, 2.45) is 29.6 Å². The minimum Gasteiger partial charge on any atom is -0.480 e. The summed E-state index contributed by atoms with van der Waals surface area (Å²) in [6.45, 7) is 0. The van der Waals surface area contributed by atoms with Gasteiger partial charge in [0.15, 0.2) is 6.04 Å². The third kappa shape index (κ3) is 3.07. The number of hydrazine groups is 1. The van der Waals surface area contributed by atoms with Crippen LogP contribution in [0.15, 0.2) is 0 Å². The number of aliphatic carboxylic acids is 1. The van der Waals surface area contributed by atoms with Crippen LogP contribution in [0.3, 0.4) is 0 Å². The van der Waals surface area contributed by atoms with Gasteiger partial charge in [0.05, 0.1) is 0 Å². The van der Waals surface area contributed by atoms with E-state index in [1.165, 1.54) is 6.42 Å². The summed E-state index contributed by atoms with van der Waals surface area (Å²) in [5.41, 5.74) is 1.70. The summed E-state index contributed by atoms with van der Waals surface area (Å²) < 4.78 is 0. The van der Waals surface area contributed by atoms with Crippen LogP contribution < -0.4 is 5.43 Å². The molecule has 0 heterocycles. The fourth-order valence-corrected chi connectivity index (χ4v) is 5.36. The van der Waals surface area contributed by atoms with Gasteiger partial charge in [-0.1, -0.05) is 0 Å². The number of hydrogen-bond acceptors (Lipinski definition) is 3. The van der Waals surface area contributed by atoms with Crippen molar-refractivity contribution in [2.75, 3.05) is 0 Å². The van der Waals surface area contributed by atoms with Gasteiger partial charge in [-0.05, 0) is 68.1 Å². The Balaban J connectivity index is 1.75. The number of nitrogens with one attached hydrogen (secondary N) is 1. The Labute approximate surface area is 133 Å². The van der Waals surface area contributed by atoms with Crippen LogP contribution in [0.5, 0.6) is 0 Å². The lowest BCUT2D eigenvalue weighted by Crippen LogP contribution is -2.56. The quantitative estimate of drug-likeness (QED) is 0.586. The molecule has 0 aromatic carbocycles. The zero-order chi connectivity index (χ0) is 16.7. The van der Waals surface area contributed by atoms with Gasteiger partial charge < -0.3 is 15.3 Å². The molecule has 23 heavy (non-hydrogen) atoms. The number of nitrogens with zero attached hydrogens (tertiary/aromatic N) is 1. The Hall–Kier alpha value is -1.99. The highest BCUT2D eigenvalue weighted by Gasteiger charge is 2.49. The van der Waals surface area contributed by atoms with E-state index in [0.717, 1.165) is 37.5 Å². The molecular weight excluding hydrogens is 304 g/mol. The van der Waals surface area contributed by atoms with E-state index in [4.69, 9.17) is 10.2 Å². The van der Waals surface area contributed by atoms with Crippen LogP contribution in [-0.2, 0) is 4.79 Å². The average molecular weight is 326 g/mol. The van der Waals surface area contributed by atoms with Crippen molar-refractivity contribution in [1.82, 2.24) is 10.4 Å². The van der Waals surface area contributed by atoms with Crippen LogP contribution in [0.25, 0.3) is 0 Å². The Morgan fingerprint density at radius 1 is 0.957 bits per heavy atom. The summed E-state index contributed by atoms with van der Waals surface area (Å²) in [7, 11) is 0. The predicted molar refractivity (Wildman–Crippen MR) is 77.6 cm³/mol. The summed E-state index contributed by atoms with van der Waals surface area (Å²) >= 11 is 0. The molecule has 4 bridgehead atoms. The number of rotatable bonds is 4. The van der Waals surface area contributed by atoms with Crippen LogP contribution in [0.1, 0.15) is 38.5 Å². The molecule has 4 fully saturated rings. The molecule has 8 heteroatoms. The van der Waals surface area contributed by atoms with E-state index in [1.54, 1.807) is 5.43 Å². The molecule has 4 N–H and O–H groups in total. The molecule has 128 valence electrons. The van der Waals surface area contributed by atoms with Crippen molar-refractivity contribution in [3.63, 3.8) is 0 Å². The topological polar surface area (TPSA) is 127 Å². The first kappa shape index (κ1) is 15.9. The standard InChI is InChI=1S/C15H22N2O6/c18-13(19)12(17(15(22)23)16-14(20)21)6-11-9-2-7-1-8(4-9)5-10(11)3-7/h7-12,16H,1-6H2,(H,18,19)(H,20,21)(H,22,23)/t7?,8?,9?,10?,11?,12-/m0/s1. The molecule has 4 aliphatic rings. The fourth-order valence-electron chi connectivity index (χ4n) is 5.36. The minimum atomic E-state index is -1.59. The van der Waals surface area contributed by atoms with E-state index in [1.807, 2.05) is 0 Å². The second kappa shape index (κ2) is 5.90. The summed E-state index contributed by atoms with van der Waals surface area (Å²) in [5.74, 6) is 1.24. The van der Waals surface area contributed by atoms with Gasteiger partial charge in [0.1, 0.15) is 0 Å². The van der Waals surface area contributed by atoms with Crippen LogP contribution in [0, 0.1) is 29.6 Å². The number of hydrogen-bond donors (Lipinski definition) is 4. The van der Waals surface area contributed by atoms with Crippen LogP contribution in [0.4, 0.5) is 9.59 Å². The van der Waals surface area contributed by atoms with E-state index >= 15 is 0 Å². The predicted octanol–water partition coefficient (Wildman–Crippen LogP) is 2.06. The lowest BCUT2D eigenvalue weighted by molar-refractivity contribution is -0.146. The van der Waals surface area contributed by atoms with Crippen molar-refractivity contribution in [1.29, 1.82) is 0 Å². The first-order valence-corrected chi connectivity index (χ1v) is 8.09. The SMILES string of the molecule is O=C(O)NN(C(=O)O)[C@@H](CC1C2CC3CC(C2)CC1C3)C(=O)O. The zero-order valence-corrected chi connectivity index (χ0v) is 12.7. The molecule has 0 aromatic heterocycles. The average Bonchev–Trinajstić information content (AvgIpc) is 2.43. The van der Waals surface area contributed by atoms with Gasteiger partial charge in [0, 0.05) is 0 Å². The fraction of sp³-hybridized carbons (Fsp3) is 0.800. The maximum atomic E-state index is 11.6. The molecule has 8 nitrogen and oxygen atoms in total. The van der Waals surface area contributed by atoms with Crippen LogP contribution >= 0.6 is 0 Å². The second-order valence-electron chi connectivity index (χ2n) is 7.25. The number of carbonyl (C=O) groups is 3. The third-order valence-corrected chi connectivity index (χ3v) is 5.94. The van der Waals surface area contributed by atoms with Crippen LogP contribution in [-0.4, -0.2) is 44.5 Å². The van der Waals surface area contributed by atoms with Crippen molar-refractivity contribution in [3.05, 3.63) is 0 Å². The Morgan fingerprint density at radius 2 is 1.48 bits per heavy atom. The molecule has 0 saturated heterocycles. The number of carboxylic acid groups (broad SMARTS) is 3. The molecule has 2 amide bonds. The molecule has 0 aromatic rings. The first-order valence-electron chi connectivity index (χ1n) is 8.09. The van der Waals surface area contributed by atoms with Crippen molar-refractivity contribution in [3.8, 4) is 0 Å². The van der Waals surface area contributed by atoms with Crippen molar-refractivity contribution >= 4 is 18.2 Å². The van der Waals surface area contributed by atoms with E-state index < -0.39 is 24.2 Å². The summed E-state index contributed by atoms with van der Waals surface area (Å²) in [5, 5.41) is 27.7. The highest BCUT2D eigenvalue weighted by Crippen LogP contribution is 2.57. The van der Waals surface area contributed by atoms with E-state index in [-0.39, 0.29) is 12.3 Å². The molecule has 0 aliphatic heterocycles. The largest absolute Gasteiger partial charge is 0.480 e. The van der Waals surface area contributed by atoms with E-state index in [0.29, 0.717) is 16.8 Å². The molecule has 1 atom stereocenters. The Kier molecular flexibility index (Phi) is 4.08. The molecule has 4 aliphatic carbocycles. The maximum Gasteiger partial charge on any atom is 0.427 e. The third-order valence-electron chi connectivity index (χ3n) is 5.94. The number of carboxylic acids is 1. The summed E-state index contributed by atoms with van der Waals surface area (Å²) in [4.78, 5) is 33.6. The Bertz CT molecular complexity index is 494. The Morgan fingerprint density at radius 3 is 1.87 bits per heavy atom. The van der Waals surface area contributed by atoms with Gasteiger partial charge in [0.2, 0.25) is 0 Å². The van der Waals surface area contributed by atoms with Gasteiger partial charge in [-0.3, -0.25) is 0 Å². The van der Waals surface area contributed by atoms with Gasteiger partial charge >= 0.3 is 18.2 Å². The van der Waals surface area contributed by atoms with E-state index in [9.17, 15) is 19.5 Å². The number of amides is 2. The first-order chi connectivity index (χ1) is 10.8. The molecular formula is C15H22N2O6. The summed E-state index contributed by atoms with van der Waals surface area (Å²) in [6, 6.07) is -1.38. The smallest absolute Gasteiger partial charge is 0.427 e. The summed E-state index contributed by atoms with van der Waals surface area (Å²) in [6.07, 6.45) is 2.69. The highest BCUT2D eigenvalue weighted by molar-refractivity contribution is 5.81.